The molecule has 9 heteroatoms. The van der Waals surface area contributed by atoms with Crippen LogP contribution >= 0.6 is 0 Å². The Morgan fingerprint density at radius 1 is 1.12 bits per heavy atom. The Balaban J connectivity index is 1.56. The Kier molecular flexibility index (Phi) is 5.24. The molecule has 5 rings (SSSR count). The summed E-state index contributed by atoms with van der Waals surface area (Å²) in [6.07, 6.45) is 4.21. The molecule has 8 nitrogen and oxygen atoms in total. The molecule has 1 aromatic heterocycles. The molecular formula is C24H21N5O3S. The zero-order chi connectivity index (χ0) is 23.0. The Labute approximate surface area is 191 Å². The van der Waals surface area contributed by atoms with Gasteiger partial charge in [-0.3, -0.25) is 5.01 Å². The average Bonchev–Trinajstić information content (AvgIpc) is 3.53. The zero-order valence-corrected chi connectivity index (χ0v) is 18.4. The Morgan fingerprint density at radius 2 is 1.88 bits per heavy atom. The molecule has 0 atom stereocenters. The number of hydrogen-bond acceptors (Lipinski definition) is 6. The molecule has 0 unspecified atom stereocenters. The molecule has 0 spiro atoms. The number of fused-ring (bicyclic) bond motifs is 1. The fourth-order valence-electron chi connectivity index (χ4n) is 3.85. The van der Waals surface area contributed by atoms with Gasteiger partial charge in [-0.25, -0.2) is 9.66 Å². The highest BCUT2D eigenvalue weighted by Gasteiger charge is 2.26. The summed E-state index contributed by atoms with van der Waals surface area (Å²) in [5, 5.41) is 16.8. The van der Waals surface area contributed by atoms with E-state index in [4.69, 9.17) is 9.32 Å². The number of rotatable bonds is 7. The molecule has 1 heterocycles. The number of benzene rings is 3. The molecule has 0 saturated heterocycles. The van der Waals surface area contributed by atoms with Gasteiger partial charge in [0.25, 0.3) is 0 Å². The standard InChI is InChI=1S/C24H21N5O3S/c25-14-19-7-10-20(13-22(19)18-8-11-21(12-9-18)32-33(26,30)31)28(15-17-5-6-17)29-16-27-23-3-1-2-4-24(23)29/h1-4,7-13,16-17H,5-6,15H2,(H2,26,30,31). The van der Waals surface area contributed by atoms with Crippen molar-refractivity contribution in [1.29, 1.82) is 5.26 Å². The maximum atomic E-state index is 11.2. The second kappa shape index (κ2) is 8.24. The number of para-hydroxylation sites is 2. The van der Waals surface area contributed by atoms with Crippen LogP contribution in [-0.2, 0) is 10.3 Å². The SMILES string of the molecule is N#Cc1ccc(N(CC2CC2)n2cnc3ccccc32)cc1-c1ccc(OS(N)(=O)=O)cc1. The molecule has 1 aliphatic carbocycles. The number of imidazole rings is 1. The van der Waals surface area contributed by atoms with Crippen molar-refractivity contribution in [3.05, 3.63) is 78.6 Å². The monoisotopic (exact) mass is 459 g/mol. The number of anilines is 1. The first-order valence-electron chi connectivity index (χ1n) is 10.5. The third-order valence-electron chi connectivity index (χ3n) is 5.62. The van der Waals surface area contributed by atoms with E-state index < -0.39 is 10.3 Å². The van der Waals surface area contributed by atoms with Gasteiger partial charge in [-0.15, -0.1) is 0 Å². The van der Waals surface area contributed by atoms with Crippen LogP contribution in [-0.4, -0.2) is 24.6 Å². The van der Waals surface area contributed by atoms with Crippen LogP contribution in [0.15, 0.2) is 73.1 Å². The summed E-state index contributed by atoms with van der Waals surface area (Å²) in [4.78, 5) is 4.54. The zero-order valence-electron chi connectivity index (χ0n) is 17.6. The maximum absolute atomic E-state index is 11.2. The van der Waals surface area contributed by atoms with Crippen LogP contribution in [0.25, 0.3) is 22.2 Å². The molecule has 1 saturated carbocycles. The van der Waals surface area contributed by atoms with Gasteiger partial charge in [-0.1, -0.05) is 24.3 Å². The first-order valence-corrected chi connectivity index (χ1v) is 11.9. The number of nitrogens with zero attached hydrogens (tertiary/aromatic N) is 4. The molecule has 2 N–H and O–H groups in total. The minimum atomic E-state index is -4.10. The lowest BCUT2D eigenvalue weighted by atomic mass is 9.99. The summed E-state index contributed by atoms with van der Waals surface area (Å²) in [6, 6.07) is 22.4. The number of nitriles is 1. The van der Waals surface area contributed by atoms with E-state index in [1.165, 1.54) is 25.0 Å². The van der Waals surface area contributed by atoms with Crippen molar-refractivity contribution in [2.75, 3.05) is 11.6 Å². The van der Waals surface area contributed by atoms with Gasteiger partial charge in [0.1, 0.15) is 12.1 Å². The van der Waals surface area contributed by atoms with Gasteiger partial charge >= 0.3 is 10.3 Å². The normalized spacial score (nSPS) is 13.6. The Bertz CT molecular complexity index is 1470. The van der Waals surface area contributed by atoms with Gasteiger partial charge in [0, 0.05) is 12.1 Å². The first kappa shape index (κ1) is 21.0. The molecule has 3 aromatic carbocycles. The summed E-state index contributed by atoms with van der Waals surface area (Å²) in [7, 11) is -4.10. The Morgan fingerprint density at radius 3 is 2.58 bits per heavy atom. The second-order valence-electron chi connectivity index (χ2n) is 8.05. The van der Waals surface area contributed by atoms with Crippen molar-refractivity contribution in [3.8, 4) is 22.9 Å². The van der Waals surface area contributed by atoms with E-state index in [9.17, 15) is 13.7 Å². The maximum Gasteiger partial charge on any atom is 0.380 e. The summed E-state index contributed by atoms with van der Waals surface area (Å²) in [6.45, 7) is 0.840. The van der Waals surface area contributed by atoms with Crippen molar-refractivity contribution < 1.29 is 12.6 Å². The lowest BCUT2D eigenvalue weighted by Gasteiger charge is -2.27. The molecule has 0 aliphatic heterocycles. The third-order valence-corrected chi connectivity index (χ3v) is 6.05. The predicted molar refractivity (Wildman–Crippen MR) is 126 cm³/mol. The van der Waals surface area contributed by atoms with Crippen molar-refractivity contribution in [1.82, 2.24) is 9.66 Å². The van der Waals surface area contributed by atoms with Gasteiger partial charge in [0.05, 0.1) is 28.4 Å². The second-order valence-corrected chi connectivity index (χ2v) is 9.20. The quantitative estimate of drug-likeness (QED) is 0.449. The predicted octanol–water partition coefficient (Wildman–Crippen LogP) is 3.84. The number of nitrogens with two attached hydrogens (primary N) is 1. The van der Waals surface area contributed by atoms with Crippen LogP contribution in [0.4, 0.5) is 5.69 Å². The van der Waals surface area contributed by atoms with Gasteiger partial charge in [0.2, 0.25) is 0 Å². The van der Waals surface area contributed by atoms with Crippen LogP contribution in [0.1, 0.15) is 18.4 Å². The van der Waals surface area contributed by atoms with E-state index in [1.807, 2.05) is 42.7 Å². The van der Waals surface area contributed by atoms with Crippen molar-refractivity contribution in [2.24, 2.45) is 11.1 Å². The van der Waals surface area contributed by atoms with E-state index in [0.29, 0.717) is 11.5 Å². The van der Waals surface area contributed by atoms with E-state index in [-0.39, 0.29) is 5.75 Å². The molecule has 1 aliphatic rings. The molecule has 1 fully saturated rings. The molecule has 4 aromatic rings. The minimum absolute atomic E-state index is 0.108. The lowest BCUT2D eigenvalue weighted by molar-refractivity contribution is 0.488. The van der Waals surface area contributed by atoms with E-state index in [0.717, 1.165) is 34.4 Å². The van der Waals surface area contributed by atoms with Crippen LogP contribution in [0.3, 0.4) is 0 Å². The third kappa shape index (κ3) is 4.53. The van der Waals surface area contributed by atoms with Gasteiger partial charge < -0.3 is 4.18 Å². The minimum Gasteiger partial charge on any atom is -0.371 e. The summed E-state index contributed by atoms with van der Waals surface area (Å²) in [5.41, 5.74) is 4.87. The molecule has 33 heavy (non-hydrogen) atoms. The van der Waals surface area contributed by atoms with Crippen molar-refractivity contribution >= 4 is 27.0 Å². The molecule has 0 amide bonds. The highest BCUT2D eigenvalue weighted by molar-refractivity contribution is 7.84. The Hall–Kier alpha value is -3.87. The molecule has 0 bridgehead atoms. The smallest absolute Gasteiger partial charge is 0.371 e. The average molecular weight is 460 g/mol. The van der Waals surface area contributed by atoms with Crippen molar-refractivity contribution in [2.45, 2.75) is 12.8 Å². The van der Waals surface area contributed by atoms with Gasteiger partial charge in [-0.05, 0) is 66.8 Å². The fourth-order valence-corrected chi connectivity index (χ4v) is 4.23. The molecule has 166 valence electrons. The van der Waals surface area contributed by atoms with E-state index in [2.05, 4.69) is 20.7 Å². The topological polar surface area (TPSA) is 114 Å². The van der Waals surface area contributed by atoms with Crippen LogP contribution in [0, 0.1) is 17.2 Å². The largest absolute Gasteiger partial charge is 0.380 e. The highest BCUT2D eigenvalue weighted by atomic mass is 32.2. The number of hydrogen-bond donors (Lipinski definition) is 1. The van der Waals surface area contributed by atoms with Crippen LogP contribution in [0.5, 0.6) is 5.75 Å². The van der Waals surface area contributed by atoms with Crippen LogP contribution in [0.2, 0.25) is 0 Å². The lowest BCUT2D eigenvalue weighted by Crippen LogP contribution is -2.31. The summed E-state index contributed by atoms with van der Waals surface area (Å²) < 4.78 is 29.1. The first-order chi connectivity index (χ1) is 15.9. The van der Waals surface area contributed by atoms with Gasteiger partial charge in [0.15, 0.2) is 0 Å². The highest BCUT2D eigenvalue weighted by Crippen LogP contribution is 2.35. The summed E-state index contributed by atoms with van der Waals surface area (Å²) in [5.74, 6) is 0.719. The fraction of sp³-hybridized carbons (Fsp3) is 0.167. The van der Waals surface area contributed by atoms with Gasteiger partial charge in [-0.2, -0.15) is 18.8 Å². The molecule has 0 radical (unpaired) electrons. The summed E-state index contributed by atoms with van der Waals surface area (Å²) >= 11 is 0. The van der Waals surface area contributed by atoms with Crippen molar-refractivity contribution in [3.63, 3.8) is 0 Å². The van der Waals surface area contributed by atoms with E-state index >= 15 is 0 Å². The number of aromatic nitrogens is 2. The van der Waals surface area contributed by atoms with E-state index in [1.54, 1.807) is 18.2 Å². The van der Waals surface area contributed by atoms with Crippen LogP contribution < -0.4 is 14.3 Å². The molecular weight excluding hydrogens is 438 g/mol.